The number of hydrogen-bond donors (Lipinski definition) is 1. The van der Waals surface area contributed by atoms with Crippen LogP contribution in [0.2, 0.25) is 5.02 Å². The Morgan fingerprint density at radius 3 is 2.71 bits per heavy atom. The number of aromatic nitrogens is 2. The van der Waals surface area contributed by atoms with Crippen LogP contribution >= 0.6 is 23.4 Å². The summed E-state index contributed by atoms with van der Waals surface area (Å²) in [5.41, 5.74) is 6.95. The van der Waals surface area contributed by atoms with E-state index in [4.69, 9.17) is 22.6 Å². The van der Waals surface area contributed by atoms with Gasteiger partial charge in [-0.1, -0.05) is 23.7 Å². The number of anilines is 1. The molecule has 2 aromatic rings. The lowest BCUT2D eigenvalue weighted by atomic mass is 10.3. The van der Waals surface area contributed by atoms with Gasteiger partial charge >= 0.3 is 0 Å². The Labute approximate surface area is 108 Å². The third kappa shape index (κ3) is 1.97. The Balaban J connectivity index is 2.66. The number of thioether (sulfide) groups is 1. The van der Waals surface area contributed by atoms with Crippen LogP contribution in [0, 0.1) is 11.3 Å². The second-order valence-corrected chi connectivity index (χ2v) is 4.45. The van der Waals surface area contributed by atoms with Crippen molar-refractivity contribution in [3.8, 4) is 11.8 Å². The van der Waals surface area contributed by atoms with Crippen LogP contribution in [-0.4, -0.2) is 16.0 Å². The van der Waals surface area contributed by atoms with E-state index in [1.54, 1.807) is 12.1 Å². The number of para-hydroxylation sites is 1. The molecule has 2 rings (SSSR count). The predicted molar refractivity (Wildman–Crippen MR) is 69.5 cm³/mol. The molecule has 0 saturated heterocycles. The molecule has 0 radical (unpaired) electrons. The van der Waals surface area contributed by atoms with Gasteiger partial charge in [-0.25, -0.2) is 4.68 Å². The molecule has 0 aliphatic carbocycles. The van der Waals surface area contributed by atoms with Gasteiger partial charge in [0, 0.05) is 0 Å². The van der Waals surface area contributed by atoms with Crippen LogP contribution in [0.15, 0.2) is 29.3 Å². The van der Waals surface area contributed by atoms with E-state index in [0.717, 1.165) is 0 Å². The molecule has 0 saturated carbocycles. The van der Waals surface area contributed by atoms with Crippen molar-refractivity contribution in [2.45, 2.75) is 5.03 Å². The SMILES string of the molecule is CSc1nn(-c2ccccc2Cl)c(N)c1C#N. The molecular formula is C11H9ClN4S. The van der Waals surface area contributed by atoms with Crippen molar-refractivity contribution in [1.29, 1.82) is 5.26 Å². The van der Waals surface area contributed by atoms with Crippen molar-refractivity contribution in [2.75, 3.05) is 12.0 Å². The van der Waals surface area contributed by atoms with Crippen molar-refractivity contribution in [3.05, 3.63) is 34.9 Å². The molecule has 0 spiro atoms. The lowest BCUT2D eigenvalue weighted by molar-refractivity contribution is 0.846. The van der Waals surface area contributed by atoms with Gasteiger partial charge in [0.15, 0.2) is 0 Å². The average molecular weight is 265 g/mol. The predicted octanol–water partition coefficient (Wildman–Crippen LogP) is 2.70. The summed E-state index contributed by atoms with van der Waals surface area (Å²) in [5, 5.41) is 14.5. The topological polar surface area (TPSA) is 67.6 Å². The second-order valence-electron chi connectivity index (χ2n) is 3.24. The summed E-state index contributed by atoms with van der Waals surface area (Å²) in [6.45, 7) is 0. The Kier molecular flexibility index (Phi) is 3.27. The standard InChI is InChI=1S/C11H9ClN4S/c1-17-11-7(6-13)10(14)16(15-11)9-5-3-2-4-8(9)12/h2-5H,14H2,1H3. The van der Waals surface area contributed by atoms with Crippen LogP contribution < -0.4 is 5.73 Å². The van der Waals surface area contributed by atoms with Crippen molar-refractivity contribution >= 4 is 29.2 Å². The first-order valence-corrected chi connectivity index (χ1v) is 6.36. The van der Waals surface area contributed by atoms with Gasteiger partial charge in [0.2, 0.25) is 0 Å². The van der Waals surface area contributed by atoms with Gasteiger partial charge in [0.25, 0.3) is 0 Å². The van der Waals surface area contributed by atoms with E-state index in [1.165, 1.54) is 16.4 Å². The molecule has 6 heteroatoms. The molecule has 0 atom stereocenters. The van der Waals surface area contributed by atoms with Gasteiger partial charge in [0.05, 0.1) is 10.7 Å². The van der Waals surface area contributed by atoms with Crippen molar-refractivity contribution in [2.24, 2.45) is 0 Å². The summed E-state index contributed by atoms with van der Waals surface area (Å²) in [4.78, 5) is 0. The molecule has 0 amide bonds. The Morgan fingerprint density at radius 1 is 1.47 bits per heavy atom. The van der Waals surface area contributed by atoms with Crippen molar-refractivity contribution in [3.63, 3.8) is 0 Å². The fraction of sp³-hybridized carbons (Fsp3) is 0.0909. The molecule has 2 N–H and O–H groups in total. The number of benzene rings is 1. The molecule has 1 aromatic carbocycles. The van der Waals surface area contributed by atoms with Crippen molar-refractivity contribution < 1.29 is 0 Å². The quantitative estimate of drug-likeness (QED) is 0.847. The number of nitrogen functional groups attached to an aromatic ring is 1. The first-order valence-electron chi connectivity index (χ1n) is 4.76. The Bertz CT molecular complexity index is 600. The highest BCUT2D eigenvalue weighted by Gasteiger charge is 2.16. The highest BCUT2D eigenvalue weighted by atomic mass is 35.5. The maximum Gasteiger partial charge on any atom is 0.146 e. The van der Waals surface area contributed by atoms with E-state index >= 15 is 0 Å². The van der Waals surface area contributed by atoms with Gasteiger partial charge in [-0.05, 0) is 18.4 Å². The van der Waals surface area contributed by atoms with Crippen LogP contribution in [-0.2, 0) is 0 Å². The fourth-order valence-corrected chi connectivity index (χ4v) is 2.20. The summed E-state index contributed by atoms with van der Waals surface area (Å²) in [6, 6.07) is 9.27. The number of nitrogens with two attached hydrogens (primary N) is 1. The second kappa shape index (κ2) is 4.70. The highest BCUT2D eigenvalue weighted by Crippen LogP contribution is 2.29. The molecule has 4 nitrogen and oxygen atoms in total. The monoisotopic (exact) mass is 264 g/mol. The zero-order valence-electron chi connectivity index (χ0n) is 9.01. The van der Waals surface area contributed by atoms with Gasteiger partial charge in [-0.2, -0.15) is 10.4 Å². The molecule has 86 valence electrons. The number of nitriles is 1. The fourth-order valence-electron chi connectivity index (χ4n) is 1.47. The lowest BCUT2D eigenvalue weighted by Crippen LogP contribution is -2.02. The highest BCUT2D eigenvalue weighted by molar-refractivity contribution is 7.98. The van der Waals surface area contributed by atoms with Crippen LogP contribution in [0.1, 0.15) is 5.56 Å². The van der Waals surface area contributed by atoms with E-state index in [0.29, 0.717) is 27.1 Å². The summed E-state index contributed by atoms with van der Waals surface area (Å²) in [7, 11) is 0. The van der Waals surface area contributed by atoms with Crippen LogP contribution in [0.4, 0.5) is 5.82 Å². The number of hydrogen-bond acceptors (Lipinski definition) is 4. The first-order chi connectivity index (χ1) is 8.19. The van der Waals surface area contributed by atoms with E-state index < -0.39 is 0 Å². The normalized spacial score (nSPS) is 10.2. The smallest absolute Gasteiger partial charge is 0.146 e. The molecule has 0 unspecified atom stereocenters. The maximum absolute atomic E-state index is 9.03. The first kappa shape index (κ1) is 11.8. The third-order valence-corrected chi connectivity index (χ3v) is 3.27. The average Bonchev–Trinajstić information content (AvgIpc) is 2.66. The number of halogens is 1. The largest absolute Gasteiger partial charge is 0.382 e. The summed E-state index contributed by atoms with van der Waals surface area (Å²) in [6.07, 6.45) is 1.85. The molecule has 1 heterocycles. The minimum atomic E-state index is 0.310. The van der Waals surface area contributed by atoms with E-state index in [1.807, 2.05) is 18.4 Å². The van der Waals surface area contributed by atoms with E-state index in [2.05, 4.69) is 11.2 Å². The van der Waals surface area contributed by atoms with E-state index in [9.17, 15) is 0 Å². The molecule has 17 heavy (non-hydrogen) atoms. The zero-order valence-corrected chi connectivity index (χ0v) is 10.6. The zero-order chi connectivity index (χ0) is 12.4. The Morgan fingerprint density at radius 2 is 2.18 bits per heavy atom. The number of rotatable bonds is 2. The van der Waals surface area contributed by atoms with Gasteiger partial charge in [-0.3, -0.25) is 0 Å². The Hall–Kier alpha value is -1.64. The van der Waals surface area contributed by atoms with Gasteiger partial charge in [-0.15, -0.1) is 11.8 Å². The molecule has 0 aliphatic heterocycles. The minimum absolute atomic E-state index is 0.310. The maximum atomic E-state index is 9.03. The third-order valence-electron chi connectivity index (χ3n) is 2.27. The minimum Gasteiger partial charge on any atom is -0.382 e. The van der Waals surface area contributed by atoms with Crippen molar-refractivity contribution in [1.82, 2.24) is 9.78 Å². The summed E-state index contributed by atoms with van der Waals surface area (Å²) in [5.74, 6) is 0.310. The van der Waals surface area contributed by atoms with Gasteiger partial charge < -0.3 is 5.73 Å². The van der Waals surface area contributed by atoms with Gasteiger partial charge in [0.1, 0.15) is 22.5 Å². The van der Waals surface area contributed by atoms with E-state index in [-0.39, 0.29) is 0 Å². The van der Waals surface area contributed by atoms with Crippen LogP contribution in [0.5, 0.6) is 0 Å². The molecular weight excluding hydrogens is 256 g/mol. The molecule has 0 bridgehead atoms. The van der Waals surface area contributed by atoms with Crippen LogP contribution in [0.25, 0.3) is 5.69 Å². The molecule has 0 aliphatic rings. The van der Waals surface area contributed by atoms with Crippen LogP contribution in [0.3, 0.4) is 0 Å². The molecule has 1 aromatic heterocycles. The lowest BCUT2D eigenvalue weighted by Gasteiger charge is -2.05. The molecule has 0 fully saturated rings. The summed E-state index contributed by atoms with van der Waals surface area (Å²) >= 11 is 7.45. The summed E-state index contributed by atoms with van der Waals surface area (Å²) < 4.78 is 1.49. The number of nitrogens with zero attached hydrogens (tertiary/aromatic N) is 3.